The quantitative estimate of drug-likeness (QED) is 0.689. The number of benzene rings is 2. The van der Waals surface area contributed by atoms with Crippen molar-refractivity contribution in [2.75, 3.05) is 25.1 Å². The maximum atomic E-state index is 14.6. The van der Waals surface area contributed by atoms with Gasteiger partial charge in [-0.05, 0) is 60.6 Å². The first kappa shape index (κ1) is 19.1. The molecule has 27 heavy (non-hydrogen) atoms. The van der Waals surface area contributed by atoms with Crippen molar-refractivity contribution in [3.63, 3.8) is 0 Å². The summed E-state index contributed by atoms with van der Waals surface area (Å²) in [5.41, 5.74) is 0.969. The Balaban J connectivity index is 1.75. The summed E-state index contributed by atoms with van der Waals surface area (Å²) in [6.07, 6.45) is 2.65. The van der Waals surface area contributed by atoms with E-state index in [1.54, 1.807) is 25.2 Å². The normalized spacial score (nSPS) is 13.4. The molecule has 0 saturated heterocycles. The van der Waals surface area contributed by atoms with Crippen molar-refractivity contribution in [1.82, 2.24) is 0 Å². The number of anilines is 1. The van der Waals surface area contributed by atoms with Gasteiger partial charge < -0.3 is 14.7 Å². The van der Waals surface area contributed by atoms with E-state index in [1.165, 1.54) is 29.9 Å². The summed E-state index contributed by atoms with van der Waals surface area (Å²) in [4.78, 5) is 12.0. The van der Waals surface area contributed by atoms with Crippen LogP contribution in [0.25, 0.3) is 11.1 Å². The fourth-order valence-electron chi connectivity index (χ4n) is 2.94. The van der Waals surface area contributed by atoms with E-state index in [0.29, 0.717) is 35.8 Å². The summed E-state index contributed by atoms with van der Waals surface area (Å²) in [7, 11) is 1.55. The Morgan fingerprint density at radius 3 is 2.52 bits per heavy atom. The lowest BCUT2D eigenvalue weighted by atomic mass is 10.0. The molecule has 0 spiro atoms. The monoisotopic (exact) mass is 375 g/mol. The lowest BCUT2D eigenvalue weighted by molar-refractivity contribution is -0.137. The van der Waals surface area contributed by atoms with Crippen LogP contribution in [0.1, 0.15) is 25.7 Å². The van der Waals surface area contributed by atoms with Crippen LogP contribution in [0.2, 0.25) is 0 Å². The smallest absolute Gasteiger partial charge is 0.303 e. The van der Waals surface area contributed by atoms with Crippen molar-refractivity contribution in [1.29, 1.82) is 0 Å². The molecule has 0 unspecified atom stereocenters. The van der Waals surface area contributed by atoms with Crippen LogP contribution >= 0.6 is 0 Å². The van der Waals surface area contributed by atoms with Gasteiger partial charge in [-0.1, -0.05) is 12.1 Å². The third-order valence-electron chi connectivity index (χ3n) is 4.63. The van der Waals surface area contributed by atoms with Crippen molar-refractivity contribution in [3.05, 3.63) is 48.0 Å². The number of carbonyl (C=O) groups is 1. The van der Waals surface area contributed by atoms with Crippen LogP contribution in [0.15, 0.2) is 36.4 Å². The number of ether oxygens (including phenoxy) is 1. The Labute approximate surface area is 157 Å². The zero-order valence-electron chi connectivity index (χ0n) is 15.3. The Bertz CT molecular complexity index is 798. The first-order valence-corrected chi connectivity index (χ1v) is 9.09. The molecule has 1 aliphatic carbocycles. The number of rotatable bonds is 9. The molecule has 6 heteroatoms. The standard InChI is InChI=1S/C21H23F2NO3/c1-24(9-3-6-20(25)26)21-18(22)11-16(12-19(21)23)15-4-2-5-17(10-15)27-13-14-7-8-14/h2,4-5,10-12,14H,3,6-9,13H2,1H3,(H,25,26). The van der Waals surface area contributed by atoms with E-state index in [4.69, 9.17) is 9.84 Å². The van der Waals surface area contributed by atoms with Gasteiger partial charge in [-0.15, -0.1) is 0 Å². The van der Waals surface area contributed by atoms with Crippen LogP contribution in [-0.2, 0) is 4.79 Å². The largest absolute Gasteiger partial charge is 0.493 e. The molecule has 2 aromatic rings. The summed E-state index contributed by atoms with van der Waals surface area (Å²) >= 11 is 0. The molecule has 0 amide bonds. The van der Waals surface area contributed by atoms with Crippen LogP contribution in [-0.4, -0.2) is 31.3 Å². The molecule has 0 heterocycles. The van der Waals surface area contributed by atoms with Gasteiger partial charge in [0, 0.05) is 20.0 Å². The molecule has 3 rings (SSSR count). The number of halogens is 2. The van der Waals surface area contributed by atoms with Gasteiger partial charge in [0.15, 0.2) is 0 Å². The van der Waals surface area contributed by atoms with Crippen LogP contribution in [0.5, 0.6) is 5.75 Å². The van der Waals surface area contributed by atoms with Gasteiger partial charge in [0.2, 0.25) is 0 Å². The average Bonchev–Trinajstić information content (AvgIpc) is 3.43. The topological polar surface area (TPSA) is 49.8 Å². The maximum absolute atomic E-state index is 14.6. The minimum absolute atomic E-state index is 0.0424. The minimum Gasteiger partial charge on any atom is -0.493 e. The molecule has 1 aliphatic rings. The molecule has 1 N–H and O–H groups in total. The van der Waals surface area contributed by atoms with Gasteiger partial charge in [-0.2, -0.15) is 0 Å². The fourth-order valence-corrected chi connectivity index (χ4v) is 2.94. The Morgan fingerprint density at radius 2 is 1.89 bits per heavy atom. The molecular formula is C21H23F2NO3. The highest BCUT2D eigenvalue weighted by molar-refractivity contribution is 5.69. The highest BCUT2D eigenvalue weighted by Gasteiger charge is 2.22. The number of nitrogens with zero attached hydrogens (tertiary/aromatic N) is 1. The maximum Gasteiger partial charge on any atom is 0.303 e. The van der Waals surface area contributed by atoms with Crippen LogP contribution < -0.4 is 9.64 Å². The number of hydrogen-bond acceptors (Lipinski definition) is 3. The third kappa shape index (κ3) is 5.18. The zero-order valence-corrected chi connectivity index (χ0v) is 15.3. The van der Waals surface area contributed by atoms with Gasteiger partial charge >= 0.3 is 5.97 Å². The highest BCUT2D eigenvalue weighted by Crippen LogP contribution is 2.33. The first-order valence-electron chi connectivity index (χ1n) is 9.09. The Kier molecular flexibility index (Phi) is 5.94. The summed E-state index contributed by atoms with van der Waals surface area (Å²) < 4.78 is 34.9. The predicted octanol–water partition coefficient (Wildman–Crippen LogP) is 4.72. The Hall–Kier alpha value is -2.63. The lowest BCUT2D eigenvalue weighted by Crippen LogP contribution is -2.21. The molecule has 0 radical (unpaired) electrons. The van der Waals surface area contributed by atoms with Gasteiger partial charge in [-0.3, -0.25) is 4.79 Å². The summed E-state index contributed by atoms with van der Waals surface area (Å²) in [5.74, 6) is -0.961. The van der Waals surface area contributed by atoms with E-state index in [9.17, 15) is 13.6 Å². The highest BCUT2D eigenvalue weighted by atomic mass is 19.1. The summed E-state index contributed by atoms with van der Waals surface area (Å²) in [5, 5.41) is 8.69. The molecule has 144 valence electrons. The average molecular weight is 375 g/mol. The molecule has 2 aromatic carbocycles. The first-order chi connectivity index (χ1) is 12.9. The van der Waals surface area contributed by atoms with E-state index in [0.717, 1.165) is 0 Å². The molecule has 0 bridgehead atoms. The van der Waals surface area contributed by atoms with Gasteiger partial charge in [0.1, 0.15) is 23.1 Å². The fraction of sp³-hybridized carbons (Fsp3) is 0.381. The van der Waals surface area contributed by atoms with Crippen LogP contribution in [0.4, 0.5) is 14.5 Å². The van der Waals surface area contributed by atoms with Crippen molar-refractivity contribution in [2.45, 2.75) is 25.7 Å². The lowest BCUT2D eigenvalue weighted by Gasteiger charge is -2.21. The van der Waals surface area contributed by atoms with Crippen LogP contribution in [0, 0.1) is 17.6 Å². The number of carboxylic acids is 1. The second-order valence-corrected chi connectivity index (χ2v) is 6.99. The molecular weight excluding hydrogens is 352 g/mol. The van der Waals surface area contributed by atoms with E-state index in [1.807, 2.05) is 6.07 Å². The molecule has 1 saturated carbocycles. The molecule has 0 atom stereocenters. The SMILES string of the molecule is CN(CCCC(=O)O)c1c(F)cc(-c2cccc(OCC3CC3)c2)cc1F. The van der Waals surface area contributed by atoms with Crippen molar-refractivity contribution in [2.24, 2.45) is 5.92 Å². The van der Waals surface area contributed by atoms with Crippen molar-refractivity contribution >= 4 is 11.7 Å². The number of carboxylic acid groups (broad SMARTS) is 1. The van der Waals surface area contributed by atoms with Gasteiger partial charge in [0.05, 0.1) is 6.61 Å². The summed E-state index contributed by atoms with van der Waals surface area (Å²) in [6.45, 7) is 0.927. The molecule has 4 nitrogen and oxygen atoms in total. The second-order valence-electron chi connectivity index (χ2n) is 6.99. The minimum atomic E-state index is -0.927. The molecule has 1 fully saturated rings. The number of aliphatic carboxylic acids is 1. The Morgan fingerprint density at radius 1 is 1.19 bits per heavy atom. The van der Waals surface area contributed by atoms with E-state index in [2.05, 4.69) is 0 Å². The van der Waals surface area contributed by atoms with Crippen molar-refractivity contribution < 1.29 is 23.4 Å². The third-order valence-corrected chi connectivity index (χ3v) is 4.63. The summed E-state index contributed by atoms with van der Waals surface area (Å²) in [6, 6.07) is 9.81. The van der Waals surface area contributed by atoms with Crippen molar-refractivity contribution in [3.8, 4) is 16.9 Å². The van der Waals surface area contributed by atoms with Gasteiger partial charge in [0.25, 0.3) is 0 Å². The van der Waals surface area contributed by atoms with Gasteiger partial charge in [-0.25, -0.2) is 8.78 Å². The predicted molar refractivity (Wildman–Crippen MR) is 100 cm³/mol. The van der Waals surface area contributed by atoms with E-state index in [-0.39, 0.29) is 18.7 Å². The molecule has 0 aliphatic heterocycles. The van der Waals surface area contributed by atoms with E-state index >= 15 is 0 Å². The second kappa shape index (κ2) is 8.37. The van der Waals surface area contributed by atoms with Crippen LogP contribution in [0.3, 0.4) is 0 Å². The van der Waals surface area contributed by atoms with E-state index < -0.39 is 17.6 Å². The zero-order chi connectivity index (χ0) is 19.4. The number of hydrogen-bond donors (Lipinski definition) is 1. The molecule has 0 aromatic heterocycles.